The van der Waals surface area contributed by atoms with Gasteiger partial charge in [0, 0.05) is 30.8 Å². The number of carbonyl (C=O) groups excluding carboxylic acids is 1. The van der Waals surface area contributed by atoms with Crippen molar-refractivity contribution in [2.45, 2.75) is 26.4 Å². The lowest BCUT2D eigenvalue weighted by molar-refractivity contribution is 0.0968. The van der Waals surface area contributed by atoms with Crippen molar-refractivity contribution in [3.05, 3.63) is 53.7 Å². The summed E-state index contributed by atoms with van der Waals surface area (Å²) in [7, 11) is 0. The maximum atomic E-state index is 13.0. The lowest BCUT2D eigenvalue weighted by Gasteiger charge is -2.33. The molecular formula is C19H22N2O3. The number of benzene rings is 1. The predicted molar refractivity (Wildman–Crippen MR) is 92.4 cm³/mol. The van der Waals surface area contributed by atoms with Gasteiger partial charge < -0.3 is 14.7 Å². The molecule has 0 bridgehead atoms. The van der Waals surface area contributed by atoms with Crippen LogP contribution in [0.1, 0.15) is 29.9 Å². The second-order valence-electron chi connectivity index (χ2n) is 6.32. The van der Waals surface area contributed by atoms with E-state index in [0.29, 0.717) is 18.1 Å². The molecule has 3 rings (SSSR count). The van der Waals surface area contributed by atoms with Crippen LogP contribution < -0.4 is 9.64 Å². The number of aliphatic hydroxyl groups excluding tert-OH is 1. The highest BCUT2D eigenvalue weighted by molar-refractivity contribution is 6.05. The Balaban J connectivity index is 1.92. The number of amides is 1. The fourth-order valence-electron chi connectivity index (χ4n) is 2.97. The third kappa shape index (κ3) is 3.41. The minimum absolute atomic E-state index is 0.00247. The fraction of sp³-hybridized carbons (Fsp3) is 0.368. The number of para-hydroxylation sites is 1. The lowest BCUT2D eigenvalue weighted by Crippen LogP contribution is -2.41. The van der Waals surface area contributed by atoms with E-state index in [2.05, 4.69) is 4.98 Å². The Morgan fingerprint density at radius 1 is 1.29 bits per heavy atom. The van der Waals surface area contributed by atoms with E-state index in [4.69, 9.17) is 4.74 Å². The molecular weight excluding hydrogens is 304 g/mol. The van der Waals surface area contributed by atoms with E-state index in [1.807, 2.05) is 38.1 Å². The number of anilines is 1. The van der Waals surface area contributed by atoms with Crippen molar-refractivity contribution in [1.29, 1.82) is 0 Å². The minimum Gasteiger partial charge on any atom is -0.475 e. The number of aliphatic hydroxyl groups is 1. The largest absolute Gasteiger partial charge is 0.475 e. The van der Waals surface area contributed by atoms with Gasteiger partial charge in [0.15, 0.2) is 0 Å². The molecule has 5 nitrogen and oxygen atoms in total. The van der Waals surface area contributed by atoms with E-state index in [-0.39, 0.29) is 24.5 Å². The van der Waals surface area contributed by atoms with Gasteiger partial charge in [-0.1, -0.05) is 24.3 Å². The van der Waals surface area contributed by atoms with E-state index in [9.17, 15) is 9.90 Å². The van der Waals surface area contributed by atoms with Crippen molar-refractivity contribution in [3.8, 4) is 5.88 Å². The highest BCUT2D eigenvalue weighted by atomic mass is 16.5. The molecule has 24 heavy (non-hydrogen) atoms. The van der Waals surface area contributed by atoms with E-state index < -0.39 is 0 Å². The van der Waals surface area contributed by atoms with E-state index in [1.165, 1.54) is 0 Å². The molecule has 1 atom stereocenters. The number of nitrogens with zero attached hydrogens (tertiary/aromatic N) is 2. The monoisotopic (exact) mass is 326 g/mol. The van der Waals surface area contributed by atoms with Crippen LogP contribution in [-0.4, -0.2) is 35.3 Å². The molecule has 1 aliphatic heterocycles. The molecule has 2 heterocycles. The van der Waals surface area contributed by atoms with Gasteiger partial charge in [0.2, 0.25) is 5.88 Å². The molecule has 1 unspecified atom stereocenters. The molecule has 0 spiro atoms. The highest BCUT2D eigenvalue weighted by Crippen LogP contribution is 2.30. The number of ether oxygens (including phenoxy) is 1. The van der Waals surface area contributed by atoms with Crippen molar-refractivity contribution in [2.24, 2.45) is 5.92 Å². The Kier molecular flexibility index (Phi) is 4.81. The van der Waals surface area contributed by atoms with Crippen molar-refractivity contribution < 1.29 is 14.6 Å². The van der Waals surface area contributed by atoms with Gasteiger partial charge >= 0.3 is 0 Å². The van der Waals surface area contributed by atoms with Gasteiger partial charge in [-0.2, -0.15) is 0 Å². The molecule has 1 aromatic heterocycles. The van der Waals surface area contributed by atoms with Crippen molar-refractivity contribution >= 4 is 11.6 Å². The summed E-state index contributed by atoms with van der Waals surface area (Å²) in [6.45, 7) is 4.39. The van der Waals surface area contributed by atoms with Gasteiger partial charge in [0.05, 0.1) is 6.10 Å². The summed E-state index contributed by atoms with van der Waals surface area (Å²) in [5.74, 6) is 0.314. The zero-order valence-corrected chi connectivity index (χ0v) is 14.0. The second kappa shape index (κ2) is 7.01. The van der Waals surface area contributed by atoms with Gasteiger partial charge in [-0.25, -0.2) is 4.98 Å². The molecule has 1 aromatic carbocycles. The normalized spacial score (nSPS) is 16.8. The van der Waals surface area contributed by atoms with E-state index in [0.717, 1.165) is 17.7 Å². The van der Waals surface area contributed by atoms with E-state index >= 15 is 0 Å². The first-order valence-corrected chi connectivity index (χ1v) is 8.23. The summed E-state index contributed by atoms with van der Waals surface area (Å²) in [5.41, 5.74) is 2.32. The standard InChI is InChI=1S/C19H22N2O3/c1-13(2)24-18-9-5-7-16(20-18)19(23)21-11-14(12-22)10-15-6-3-4-8-17(15)21/h3-9,13-14,22H,10-12H2,1-2H3. The molecule has 0 radical (unpaired) electrons. The number of aromatic nitrogens is 1. The van der Waals surface area contributed by atoms with Crippen LogP contribution in [0.15, 0.2) is 42.5 Å². The van der Waals surface area contributed by atoms with Gasteiger partial charge in [-0.05, 0) is 38.0 Å². The van der Waals surface area contributed by atoms with Gasteiger partial charge in [-0.3, -0.25) is 4.79 Å². The van der Waals surface area contributed by atoms with Crippen LogP contribution in [0.25, 0.3) is 0 Å². The van der Waals surface area contributed by atoms with Crippen LogP contribution in [0, 0.1) is 5.92 Å². The summed E-state index contributed by atoms with van der Waals surface area (Å²) < 4.78 is 5.58. The van der Waals surface area contributed by atoms with Crippen molar-refractivity contribution in [3.63, 3.8) is 0 Å². The first-order valence-electron chi connectivity index (χ1n) is 8.23. The maximum Gasteiger partial charge on any atom is 0.277 e. The molecule has 0 saturated heterocycles. The van der Waals surface area contributed by atoms with Crippen LogP contribution in [0.2, 0.25) is 0 Å². The van der Waals surface area contributed by atoms with Crippen LogP contribution in [-0.2, 0) is 6.42 Å². The third-order valence-electron chi connectivity index (χ3n) is 4.03. The lowest BCUT2D eigenvalue weighted by atomic mass is 9.93. The molecule has 0 saturated carbocycles. The first-order chi connectivity index (χ1) is 11.6. The highest BCUT2D eigenvalue weighted by Gasteiger charge is 2.29. The zero-order valence-electron chi connectivity index (χ0n) is 14.0. The van der Waals surface area contributed by atoms with Crippen LogP contribution in [0.5, 0.6) is 5.88 Å². The Labute approximate surface area is 141 Å². The quantitative estimate of drug-likeness (QED) is 0.938. The first kappa shape index (κ1) is 16.5. The molecule has 5 heteroatoms. The Bertz CT molecular complexity index is 730. The average molecular weight is 326 g/mol. The van der Waals surface area contributed by atoms with Crippen molar-refractivity contribution in [1.82, 2.24) is 4.98 Å². The molecule has 1 N–H and O–H groups in total. The summed E-state index contributed by atoms with van der Waals surface area (Å²) in [4.78, 5) is 19.0. The number of hydrogen-bond donors (Lipinski definition) is 1. The van der Waals surface area contributed by atoms with Gasteiger partial charge in [-0.15, -0.1) is 0 Å². The SMILES string of the molecule is CC(C)Oc1cccc(C(=O)N2CC(CO)Cc3ccccc32)n1. The summed E-state index contributed by atoms with van der Waals surface area (Å²) in [6.07, 6.45) is 0.776. The summed E-state index contributed by atoms with van der Waals surface area (Å²) in [6, 6.07) is 13.0. The Morgan fingerprint density at radius 3 is 2.83 bits per heavy atom. The average Bonchev–Trinajstić information content (AvgIpc) is 2.59. The molecule has 1 amide bonds. The zero-order chi connectivity index (χ0) is 17.1. The minimum atomic E-state index is -0.171. The van der Waals surface area contributed by atoms with Crippen molar-refractivity contribution in [2.75, 3.05) is 18.1 Å². The van der Waals surface area contributed by atoms with Gasteiger partial charge in [0.1, 0.15) is 5.69 Å². The molecule has 0 fully saturated rings. The molecule has 0 aliphatic carbocycles. The molecule has 1 aliphatic rings. The number of carbonyl (C=O) groups is 1. The summed E-state index contributed by atoms with van der Waals surface area (Å²) >= 11 is 0. The third-order valence-corrected chi connectivity index (χ3v) is 4.03. The van der Waals surface area contributed by atoms with E-state index in [1.54, 1.807) is 23.1 Å². The number of fused-ring (bicyclic) bond motifs is 1. The van der Waals surface area contributed by atoms with Gasteiger partial charge in [0.25, 0.3) is 5.91 Å². The summed E-state index contributed by atoms with van der Waals surface area (Å²) in [5, 5.41) is 9.56. The Morgan fingerprint density at radius 2 is 2.08 bits per heavy atom. The number of rotatable bonds is 4. The number of pyridine rings is 1. The fourth-order valence-corrected chi connectivity index (χ4v) is 2.97. The van der Waals surface area contributed by atoms with Crippen LogP contribution in [0.3, 0.4) is 0 Å². The topological polar surface area (TPSA) is 62.7 Å². The Hall–Kier alpha value is -2.40. The number of hydrogen-bond acceptors (Lipinski definition) is 4. The van der Waals surface area contributed by atoms with Crippen LogP contribution in [0.4, 0.5) is 5.69 Å². The maximum absolute atomic E-state index is 13.0. The van der Waals surface area contributed by atoms with Crippen LogP contribution >= 0.6 is 0 Å². The molecule has 2 aromatic rings. The second-order valence-corrected chi connectivity index (χ2v) is 6.32. The predicted octanol–water partition coefficient (Wildman–Crippen LogP) is 2.68. The smallest absolute Gasteiger partial charge is 0.277 e. The molecule has 126 valence electrons.